The van der Waals surface area contributed by atoms with Gasteiger partial charge in [0.1, 0.15) is 5.82 Å². The highest BCUT2D eigenvalue weighted by atomic mass is 19.1. The average Bonchev–Trinajstić information content (AvgIpc) is 3.05. The van der Waals surface area contributed by atoms with E-state index in [9.17, 15) is 4.39 Å². The summed E-state index contributed by atoms with van der Waals surface area (Å²) in [6.45, 7) is 4.27. The third-order valence-corrected chi connectivity index (χ3v) is 5.20. The Kier molecular flexibility index (Phi) is 4.02. The standard InChI is InChI=1S/C19H21FN4/c1-13(19-12-21-6-7-22-19)24-8-4-14(5-9-24)17-11-23-18-10-15(20)2-3-16(17)18/h2-3,6-7,10-14,23H,4-5,8-9H2,1H3/t13-/m1/s1. The average molecular weight is 324 g/mol. The van der Waals surface area contributed by atoms with E-state index in [0.717, 1.165) is 42.5 Å². The maximum atomic E-state index is 13.4. The van der Waals surface area contributed by atoms with Gasteiger partial charge < -0.3 is 4.98 Å². The van der Waals surface area contributed by atoms with Gasteiger partial charge in [0.05, 0.1) is 11.7 Å². The summed E-state index contributed by atoms with van der Waals surface area (Å²) in [5, 5.41) is 1.15. The molecular weight excluding hydrogens is 303 g/mol. The van der Waals surface area contributed by atoms with Crippen molar-refractivity contribution in [1.29, 1.82) is 0 Å². The van der Waals surface area contributed by atoms with Crippen LogP contribution in [0.1, 0.15) is 43.0 Å². The topological polar surface area (TPSA) is 44.8 Å². The summed E-state index contributed by atoms with van der Waals surface area (Å²) in [5.41, 5.74) is 3.23. The van der Waals surface area contributed by atoms with E-state index < -0.39 is 0 Å². The molecule has 0 unspecified atom stereocenters. The number of rotatable bonds is 3. The Bertz CT molecular complexity index is 822. The third kappa shape index (κ3) is 2.80. The molecule has 5 heteroatoms. The summed E-state index contributed by atoms with van der Waals surface area (Å²) >= 11 is 0. The third-order valence-electron chi connectivity index (χ3n) is 5.20. The van der Waals surface area contributed by atoms with Crippen LogP contribution in [0.15, 0.2) is 43.0 Å². The van der Waals surface area contributed by atoms with Crippen LogP contribution < -0.4 is 0 Å². The largest absolute Gasteiger partial charge is 0.361 e. The number of nitrogens with zero attached hydrogens (tertiary/aromatic N) is 3. The SMILES string of the molecule is C[C@H](c1cnccn1)N1CCC(c2c[nH]c3cc(F)ccc23)CC1. The van der Waals surface area contributed by atoms with Crippen LogP contribution in [0, 0.1) is 5.82 Å². The molecule has 0 aliphatic carbocycles. The van der Waals surface area contributed by atoms with Crippen LogP contribution in [0.3, 0.4) is 0 Å². The van der Waals surface area contributed by atoms with Gasteiger partial charge in [0.25, 0.3) is 0 Å². The lowest BCUT2D eigenvalue weighted by atomic mass is 9.88. The van der Waals surface area contributed by atoms with Crippen LogP contribution in [-0.4, -0.2) is 32.9 Å². The highest BCUT2D eigenvalue weighted by Crippen LogP contribution is 2.35. The van der Waals surface area contributed by atoms with E-state index in [1.165, 1.54) is 5.56 Å². The summed E-state index contributed by atoms with van der Waals surface area (Å²) in [4.78, 5) is 14.3. The number of aromatic nitrogens is 3. The lowest BCUT2D eigenvalue weighted by Crippen LogP contribution is -2.35. The van der Waals surface area contributed by atoms with E-state index in [4.69, 9.17) is 0 Å². The van der Waals surface area contributed by atoms with E-state index in [1.807, 2.05) is 12.3 Å². The second-order valence-corrected chi connectivity index (χ2v) is 6.55. The van der Waals surface area contributed by atoms with E-state index >= 15 is 0 Å². The number of likely N-dealkylation sites (tertiary alicyclic amines) is 1. The van der Waals surface area contributed by atoms with Gasteiger partial charge in [0.15, 0.2) is 0 Å². The van der Waals surface area contributed by atoms with Crippen LogP contribution in [-0.2, 0) is 0 Å². The molecule has 1 fully saturated rings. The van der Waals surface area contributed by atoms with Crippen molar-refractivity contribution >= 4 is 10.9 Å². The number of aromatic amines is 1. The monoisotopic (exact) mass is 324 g/mol. The zero-order valence-electron chi connectivity index (χ0n) is 13.7. The van der Waals surface area contributed by atoms with Crippen molar-refractivity contribution in [3.63, 3.8) is 0 Å². The number of hydrogen-bond acceptors (Lipinski definition) is 3. The Hall–Kier alpha value is -2.27. The number of piperidine rings is 1. The quantitative estimate of drug-likeness (QED) is 0.791. The summed E-state index contributed by atoms with van der Waals surface area (Å²) in [6.07, 6.45) is 9.58. The molecule has 1 aromatic carbocycles. The maximum Gasteiger partial charge on any atom is 0.125 e. The lowest BCUT2D eigenvalue weighted by molar-refractivity contribution is 0.160. The van der Waals surface area contributed by atoms with Crippen molar-refractivity contribution in [2.75, 3.05) is 13.1 Å². The second kappa shape index (κ2) is 6.32. The van der Waals surface area contributed by atoms with Crippen molar-refractivity contribution in [1.82, 2.24) is 19.9 Å². The first-order chi connectivity index (χ1) is 11.7. The number of benzene rings is 1. The van der Waals surface area contributed by atoms with Gasteiger partial charge in [-0.15, -0.1) is 0 Å². The molecule has 1 atom stereocenters. The second-order valence-electron chi connectivity index (χ2n) is 6.55. The predicted molar refractivity (Wildman–Crippen MR) is 92.3 cm³/mol. The van der Waals surface area contributed by atoms with Gasteiger partial charge in [0.2, 0.25) is 0 Å². The number of halogens is 1. The molecule has 3 heterocycles. The smallest absolute Gasteiger partial charge is 0.125 e. The fourth-order valence-electron chi connectivity index (χ4n) is 3.77. The van der Waals surface area contributed by atoms with Crippen LogP contribution in [0.25, 0.3) is 10.9 Å². The zero-order valence-corrected chi connectivity index (χ0v) is 13.7. The van der Waals surface area contributed by atoms with Crippen molar-refractivity contribution in [2.45, 2.75) is 31.7 Å². The number of nitrogens with one attached hydrogen (secondary N) is 1. The molecule has 0 spiro atoms. The Morgan fingerprint density at radius 3 is 2.83 bits per heavy atom. The molecule has 3 aromatic rings. The minimum Gasteiger partial charge on any atom is -0.361 e. The molecule has 0 radical (unpaired) electrons. The normalized spacial score (nSPS) is 18.1. The van der Waals surface area contributed by atoms with Crippen LogP contribution in [0.5, 0.6) is 0 Å². The van der Waals surface area contributed by atoms with Crippen LogP contribution in [0.4, 0.5) is 4.39 Å². The molecule has 1 N–H and O–H groups in total. The molecule has 1 aliphatic heterocycles. The molecule has 124 valence electrons. The van der Waals surface area contributed by atoms with Gasteiger partial charge in [-0.2, -0.15) is 0 Å². The lowest BCUT2D eigenvalue weighted by Gasteiger charge is -2.35. The molecule has 24 heavy (non-hydrogen) atoms. The van der Waals surface area contributed by atoms with Crippen molar-refractivity contribution < 1.29 is 4.39 Å². The Morgan fingerprint density at radius 1 is 1.25 bits per heavy atom. The summed E-state index contributed by atoms with van der Waals surface area (Å²) in [7, 11) is 0. The molecule has 1 saturated heterocycles. The molecular formula is C19H21FN4. The van der Waals surface area contributed by atoms with E-state index in [-0.39, 0.29) is 11.9 Å². The molecule has 2 aromatic heterocycles. The number of hydrogen-bond donors (Lipinski definition) is 1. The van der Waals surface area contributed by atoms with Gasteiger partial charge in [-0.05, 0) is 62.5 Å². The Morgan fingerprint density at radius 2 is 2.08 bits per heavy atom. The summed E-state index contributed by atoms with van der Waals surface area (Å²) in [6, 6.07) is 5.30. The predicted octanol–water partition coefficient (Wildman–Crippen LogP) is 4.04. The fourth-order valence-corrected chi connectivity index (χ4v) is 3.77. The van der Waals surface area contributed by atoms with Crippen LogP contribution >= 0.6 is 0 Å². The Balaban J connectivity index is 1.47. The first-order valence-electron chi connectivity index (χ1n) is 8.49. The summed E-state index contributed by atoms with van der Waals surface area (Å²) < 4.78 is 13.4. The van der Waals surface area contributed by atoms with Gasteiger partial charge >= 0.3 is 0 Å². The van der Waals surface area contributed by atoms with Gasteiger partial charge in [-0.25, -0.2) is 4.39 Å². The van der Waals surface area contributed by atoms with E-state index in [2.05, 4.69) is 33.0 Å². The van der Waals surface area contributed by atoms with E-state index in [0.29, 0.717) is 5.92 Å². The number of H-pyrrole nitrogens is 1. The minimum atomic E-state index is -0.191. The van der Waals surface area contributed by atoms with Crippen LogP contribution in [0.2, 0.25) is 0 Å². The molecule has 4 nitrogen and oxygen atoms in total. The highest BCUT2D eigenvalue weighted by molar-refractivity contribution is 5.83. The highest BCUT2D eigenvalue weighted by Gasteiger charge is 2.26. The summed E-state index contributed by atoms with van der Waals surface area (Å²) in [5.74, 6) is 0.332. The molecule has 0 saturated carbocycles. The van der Waals surface area contributed by atoms with E-state index in [1.54, 1.807) is 24.5 Å². The Labute approximate surface area is 140 Å². The van der Waals surface area contributed by atoms with Crippen molar-refractivity contribution in [3.8, 4) is 0 Å². The first kappa shape index (κ1) is 15.3. The van der Waals surface area contributed by atoms with Gasteiger partial charge in [0, 0.05) is 35.7 Å². The molecule has 1 aliphatic rings. The number of fused-ring (bicyclic) bond motifs is 1. The van der Waals surface area contributed by atoms with Crippen molar-refractivity contribution in [2.24, 2.45) is 0 Å². The fraction of sp³-hybridized carbons (Fsp3) is 0.368. The molecule has 4 rings (SSSR count). The molecule has 0 bridgehead atoms. The first-order valence-corrected chi connectivity index (χ1v) is 8.49. The maximum absolute atomic E-state index is 13.4. The van der Waals surface area contributed by atoms with Gasteiger partial charge in [-0.1, -0.05) is 0 Å². The minimum absolute atomic E-state index is 0.191. The van der Waals surface area contributed by atoms with Gasteiger partial charge in [-0.3, -0.25) is 14.9 Å². The zero-order chi connectivity index (χ0) is 16.5. The van der Waals surface area contributed by atoms with Crippen molar-refractivity contribution in [3.05, 3.63) is 60.1 Å². The molecule has 0 amide bonds.